The minimum absolute atomic E-state index is 0.0360. The monoisotopic (exact) mass is 229 g/mol. The Morgan fingerprint density at radius 3 is 2.80 bits per heavy atom. The Bertz CT molecular complexity index is 383. The third-order valence-electron chi connectivity index (χ3n) is 2.60. The van der Waals surface area contributed by atoms with Gasteiger partial charge in [-0.2, -0.15) is 0 Å². The highest BCUT2D eigenvalue weighted by Gasteiger charge is 2.39. The van der Waals surface area contributed by atoms with Crippen molar-refractivity contribution in [3.63, 3.8) is 0 Å². The minimum atomic E-state index is -0.359. The molecule has 2 atom stereocenters. The van der Waals surface area contributed by atoms with E-state index in [-0.39, 0.29) is 23.5 Å². The molecule has 1 fully saturated rings. The molecule has 0 heterocycles. The zero-order valence-electron chi connectivity index (χ0n) is 8.47. The molecule has 1 aliphatic carbocycles. The average Bonchev–Trinajstić information content (AvgIpc) is 2.88. The van der Waals surface area contributed by atoms with Gasteiger partial charge in [0.1, 0.15) is 0 Å². The Balaban J connectivity index is 2.38. The first-order valence-corrected chi connectivity index (χ1v) is 5.39. The highest BCUT2D eigenvalue weighted by atomic mass is 35.5. The van der Waals surface area contributed by atoms with Gasteiger partial charge in [0.05, 0.1) is 6.61 Å². The third kappa shape index (κ3) is 1.94. The number of rotatable bonds is 3. The van der Waals surface area contributed by atoms with Crippen molar-refractivity contribution in [3.05, 3.63) is 28.5 Å². The second-order valence-corrected chi connectivity index (χ2v) is 4.12. The molecule has 0 radical (unpaired) electrons. The summed E-state index contributed by atoms with van der Waals surface area (Å²) < 4.78 is 19.1. The SMILES string of the molecule is CCOc1ccc(Cl)c([C@@H]2C[C@@H]2N)c1F. The molecule has 82 valence electrons. The van der Waals surface area contributed by atoms with Gasteiger partial charge in [-0.1, -0.05) is 11.6 Å². The molecule has 2 N–H and O–H groups in total. The van der Waals surface area contributed by atoms with Crippen molar-refractivity contribution >= 4 is 11.6 Å². The first-order valence-electron chi connectivity index (χ1n) is 5.01. The molecule has 15 heavy (non-hydrogen) atoms. The Hall–Kier alpha value is -0.800. The van der Waals surface area contributed by atoms with Crippen LogP contribution in [0.5, 0.6) is 5.75 Å². The molecule has 4 heteroatoms. The molecule has 0 aliphatic heterocycles. The zero-order valence-corrected chi connectivity index (χ0v) is 9.22. The van der Waals surface area contributed by atoms with Crippen LogP contribution in [-0.4, -0.2) is 12.6 Å². The fraction of sp³-hybridized carbons (Fsp3) is 0.455. The van der Waals surface area contributed by atoms with Crippen LogP contribution in [0.1, 0.15) is 24.8 Å². The minimum Gasteiger partial charge on any atom is -0.491 e. The topological polar surface area (TPSA) is 35.2 Å². The Labute approximate surface area is 93.2 Å². The predicted octanol–water partition coefficient (Wildman–Crippen LogP) is 2.69. The van der Waals surface area contributed by atoms with Crippen LogP contribution < -0.4 is 10.5 Å². The molecule has 0 saturated heterocycles. The van der Waals surface area contributed by atoms with Gasteiger partial charge in [0, 0.05) is 22.5 Å². The lowest BCUT2D eigenvalue weighted by atomic mass is 10.1. The van der Waals surface area contributed by atoms with E-state index in [4.69, 9.17) is 22.1 Å². The van der Waals surface area contributed by atoms with E-state index in [9.17, 15) is 4.39 Å². The summed E-state index contributed by atoms with van der Waals surface area (Å²) in [7, 11) is 0. The Morgan fingerprint density at radius 2 is 2.27 bits per heavy atom. The van der Waals surface area contributed by atoms with Gasteiger partial charge in [-0.05, 0) is 25.5 Å². The van der Waals surface area contributed by atoms with Gasteiger partial charge in [-0.25, -0.2) is 4.39 Å². The molecule has 1 aliphatic rings. The molecule has 0 bridgehead atoms. The summed E-state index contributed by atoms with van der Waals surface area (Å²) in [5.74, 6) is -0.0452. The first-order chi connectivity index (χ1) is 7.15. The van der Waals surface area contributed by atoms with Crippen LogP contribution in [0.4, 0.5) is 4.39 Å². The molecule has 2 nitrogen and oxygen atoms in total. The number of ether oxygens (including phenoxy) is 1. The molecule has 1 saturated carbocycles. The number of nitrogens with two attached hydrogens (primary N) is 1. The maximum absolute atomic E-state index is 13.9. The van der Waals surface area contributed by atoms with E-state index in [0.717, 1.165) is 6.42 Å². The normalized spacial score (nSPS) is 24.0. The van der Waals surface area contributed by atoms with Crippen LogP contribution in [0, 0.1) is 5.82 Å². The van der Waals surface area contributed by atoms with Crippen molar-refractivity contribution in [1.29, 1.82) is 0 Å². The van der Waals surface area contributed by atoms with Gasteiger partial charge < -0.3 is 10.5 Å². The van der Waals surface area contributed by atoms with Gasteiger partial charge in [-0.15, -0.1) is 0 Å². The lowest BCUT2D eigenvalue weighted by Crippen LogP contribution is -2.04. The molecule has 0 unspecified atom stereocenters. The summed E-state index contributed by atoms with van der Waals surface area (Å²) >= 11 is 5.95. The summed E-state index contributed by atoms with van der Waals surface area (Å²) in [5.41, 5.74) is 6.20. The quantitative estimate of drug-likeness (QED) is 0.865. The van der Waals surface area contributed by atoms with E-state index in [1.54, 1.807) is 12.1 Å². The second kappa shape index (κ2) is 3.99. The molecule has 0 amide bonds. The predicted molar refractivity (Wildman–Crippen MR) is 57.9 cm³/mol. The molecule has 1 aromatic carbocycles. The third-order valence-corrected chi connectivity index (χ3v) is 2.93. The number of benzene rings is 1. The molecule has 0 spiro atoms. The number of hydrogen-bond donors (Lipinski definition) is 1. The standard InChI is InChI=1S/C11H13ClFNO/c1-2-15-9-4-3-7(12)10(11(9)13)6-5-8(6)14/h3-4,6,8H,2,5,14H2,1H3/t6-,8+/m1/s1. The molecule has 0 aromatic heterocycles. The highest BCUT2D eigenvalue weighted by Crippen LogP contribution is 2.45. The van der Waals surface area contributed by atoms with Crippen molar-refractivity contribution in [2.75, 3.05) is 6.61 Å². The molecule has 2 rings (SSSR count). The molecule has 1 aromatic rings. The van der Waals surface area contributed by atoms with E-state index in [1.165, 1.54) is 0 Å². The summed E-state index contributed by atoms with van der Waals surface area (Å²) in [6, 6.07) is 3.25. The summed E-state index contributed by atoms with van der Waals surface area (Å²) in [6.45, 7) is 2.26. The van der Waals surface area contributed by atoms with Crippen LogP contribution in [0.2, 0.25) is 5.02 Å². The van der Waals surface area contributed by atoms with Crippen LogP contribution >= 0.6 is 11.6 Å². The van der Waals surface area contributed by atoms with Crippen molar-refractivity contribution < 1.29 is 9.13 Å². The fourth-order valence-corrected chi connectivity index (χ4v) is 1.99. The number of halogens is 2. The highest BCUT2D eigenvalue weighted by molar-refractivity contribution is 6.31. The Morgan fingerprint density at radius 1 is 1.60 bits per heavy atom. The van der Waals surface area contributed by atoms with Gasteiger partial charge in [0.2, 0.25) is 0 Å². The fourth-order valence-electron chi connectivity index (χ4n) is 1.70. The first kappa shape index (κ1) is 10.7. The summed E-state index contributed by atoms with van der Waals surface area (Å²) in [6.07, 6.45) is 0.798. The maximum Gasteiger partial charge on any atom is 0.170 e. The van der Waals surface area contributed by atoms with Crippen molar-refractivity contribution in [2.45, 2.75) is 25.3 Å². The van der Waals surface area contributed by atoms with Gasteiger partial charge in [-0.3, -0.25) is 0 Å². The van der Waals surface area contributed by atoms with Crippen LogP contribution in [0.15, 0.2) is 12.1 Å². The van der Waals surface area contributed by atoms with Crippen LogP contribution in [0.25, 0.3) is 0 Å². The van der Waals surface area contributed by atoms with Crippen LogP contribution in [0.3, 0.4) is 0 Å². The van der Waals surface area contributed by atoms with Crippen molar-refractivity contribution in [3.8, 4) is 5.75 Å². The van der Waals surface area contributed by atoms with E-state index in [2.05, 4.69) is 0 Å². The van der Waals surface area contributed by atoms with Gasteiger partial charge >= 0.3 is 0 Å². The van der Waals surface area contributed by atoms with Gasteiger partial charge in [0.25, 0.3) is 0 Å². The maximum atomic E-state index is 13.9. The lowest BCUT2D eigenvalue weighted by molar-refractivity contribution is 0.320. The lowest BCUT2D eigenvalue weighted by Gasteiger charge is -2.10. The van der Waals surface area contributed by atoms with E-state index >= 15 is 0 Å². The average molecular weight is 230 g/mol. The molecular weight excluding hydrogens is 217 g/mol. The summed E-state index contributed by atoms with van der Waals surface area (Å²) in [4.78, 5) is 0. The van der Waals surface area contributed by atoms with Gasteiger partial charge in [0.15, 0.2) is 11.6 Å². The smallest absolute Gasteiger partial charge is 0.170 e. The van der Waals surface area contributed by atoms with Crippen molar-refractivity contribution in [1.82, 2.24) is 0 Å². The molecular formula is C11H13ClFNO. The number of hydrogen-bond acceptors (Lipinski definition) is 2. The van der Waals surface area contributed by atoms with E-state index in [0.29, 0.717) is 17.2 Å². The largest absolute Gasteiger partial charge is 0.491 e. The summed E-state index contributed by atoms with van der Waals surface area (Å²) in [5, 5.41) is 0.439. The van der Waals surface area contributed by atoms with Crippen molar-refractivity contribution in [2.24, 2.45) is 5.73 Å². The second-order valence-electron chi connectivity index (χ2n) is 3.71. The zero-order chi connectivity index (χ0) is 11.0. The van der Waals surface area contributed by atoms with Crippen LogP contribution in [-0.2, 0) is 0 Å². The van der Waals surface area contributed by atoms with E-state index < -0.39 is 0 Å². The van der Waals surface area contributed by atoms with E-state index in [1.807, 2.05) is 6.92 Å². The Kier molecular flexibility index (Phi) is 2.85.